The maximum atomic E-state index is 12.0. The Kier molecular flexibility index (Phi) is 8.32. The summed E-state index contributed by atoms with van der Waals surface area (Å²) < 4.78 is 4.48. The first kappa shape index (κ1) is 20.6. The zero-order valence-corrected chi connectivity index (χ0v) is 17.2. The standard InChI is InChI=1S/C19H27ClN4OS/c1-4-5-11-21-18(25)10-12-24(14(2)3)19-22-17(23-26-19)13-15-6-8-16(20)9-7-15/h6-9,14H,4-5,10-13H2,1-3H3,(H,21,25). The van der Waals surface area contributed by atoms with Gasteiger partial charge in [0.2, 0.25) is 11.0 Å². The number of halogens is 1. The second kappa shape index (κ2) is 10.5. The highest BCUT2D eigenvalue weighted by molar-refractivity contribution is 7.09. The van der Waals surface area contributed by atoms with E-state index >= 15 is 0 Å². The van der Waals surface area contributed by atoms with Crippen molar-refractivity contribution in [2.75, 3.05) is 18.0 Å². The van der Waals surface area contributed by atoms with Gasteiger partial charge in [-0.2, -0.15) is 4.37 Å². The van der Waals surface area contributed by atoms with Crippen LogP contribution in [0.15, 0.2) is 24.3 Å². The minimum atomic E-state index is 0.0926. The molecule has 1 aromatic heterocycles. The van der Waals surface area contributed by atoms with E-state index in [0.717, 1.165) is 40.9 Å². The second-order valence-electron chi connectivity index (χ2n) is 6.54. The summed E-state index contributed by atoms with van der Waals surface area (Å²) in [5.41, 5.74) is 1.13. The van der Waals surface area contributed by atoms with Gasteiger partial charge in [0.05, 0.1) is 0 Å². The topological polar surface area (TPSA) is 58.1 Å². The highest BCUT2D eigenvalue weighted by atomic mass is 35.5. The number of carbonyl (C=O) groups is 1. The summed E-state index contributed by atoms with van der Waals surface area (Å²) in [6, 6.07) is 7.99. The van der Waals surface area contributed by atoms with Crippen molar-refractivity contribution in [2.24, 2.45) is 0 Å². The van der Waals surface area contributed by atoms with E-state index in [-0.39, 0.29) is 11.9 Å². The largest absolute Gasteiger partial charge is 0.356 e. The Hall–Kier alpha value is -1.66. The summed E-state index contributed by atoms with van der Waals surface area (Å²) in [6.07, 6.45) is 3.24. The average Bonchev–Trinajstić information content (AvgIpc) is 3.05. The minimum absolute atomic E-state index is 0.0926. The molecule has 1 aromatic carbocycles. The van der Waals surface area contributed by atoms with Gasteiger partial charge in [0.1, 0.15) is 5.82 Å². The molecule has 1 amide bonds. The molecule has 0 saturated carbocycles. The van der Waals surface area contributed by atoms with E-state index in [9.17, 15) is 4.79 Å². The van der Waals surface area contributed by atoms with Gasteiger partial charge in [-0.25, -0.2) is 4.98 Å². The van der Waals surface area contributed by atoms with Gasteiger partial charge >= 0.3 is 0 Å². The SMILES string of the molecule is CCCCNC(=O)CCN(c1nc(Cc2ccc(Cl)cc2)ns1)C(C)C. The van der Waals surface area contributed by atoms with Crippen molar-refractivity contribution in [2.45, 2.75) is 52.5 Å². The van der Waals surface area contributed by atoms with Gasteiger partial charge in [-0.15, -0.1) is 0 Å². The third-order valence-electron chi connectivity index (χ3n) is 4.03. The fourth-order valence-electron chi connectivity index (χ4n) is 2.51. The molecule has 2 rings (SSSR count). The fraction of sp³-hybridized carbons (Fsp3) is 0.526. The molecule has 142 valence electrons. The minimum Gasteiger partial charge on any atom is -0.356 e. The van der Waals surface area contributed by atoms with Gasteiger partial charge in [0.25, 0.3) is 0 Å². The summed E-state index contributed by atoms with van der Waals surface area (Å²) >= 11 is 7.32. The van der Waals surface area contributed by atoms with Crippen molar-refractivity contribution in [3.63, 3.8) is 0 Å². The lowest BCUT2D eigenvalue weighted by Crippen LogP contribution is -2.35. The monoisotopic (exact) mass is 394 g/mol. The number of amides is 1. The Morgan fingerprint density at radius 3 is 2.69 bits per heavy atom. The Morgan fingerprint density at radius 2 is 2.04 bits per heavy atom. The highest BCUT2D eigenvalue weighted by Crippen LogP contribution is 2.22. The van der Waals surface area contributed by atoms with E-state index in [4.69, 9.17) is 11.6 Å². The molecule has 2 aromatic rings. The van der Waals surface area contributed by atoms with Crippen LogP contribution in [0, 0.1) is 0 Å². The fourth-order valence-corrected chi connectivity index (χ4v) is 3.48. The number of benzene rings is 1. The zero-order valence-electron chi connectivity index (χ0n) is 15.7. The first-order chi connectivity index (χ1) is 12.5. The lowest BCUT2D eigenvalue weighted by Gasteiger charge is -2.25. The van der Waals surface area contributed by atoms with Crippen LogP contribution in [-0.2, 0) is 11.2 Å². The van der Waals surface area contributed by atoms with E-state index in [1.165, 1.54) is 11.5 Å². The smallest absolute Gasteiger partial charge is 0.221 e. The molecular weight excluding hydrogens is 368 g/mol. The molecule has 0 unspecified atom stereocenters. The number of unbranched alkanes of at least 4 members (excludes halogenated alkanes) is 1. The molecule has 7 heteroatoms. The number of hydrogen-bond donors (Lipinski definition) is 1. The Bertz CT molecular complexity index is 687. The van der Waals surface area contributed by atoms with Gasteiger partial charge < -0.3 is 10.2 Å². The quantitative estimate of drug-likeness (QED) is 0.610. The lowest BCUT2D eigenvalue weighted by atomic mass is 10.1. The van der Waals surface area contributed by atoms with Crippen LogP contribution < -0.4 is 10.2 Å². The van der Waals surface area contributed by atoms with Gasteiger partial charge in [-0.3, -0.25) is 4.79 Å². The molecule has 0 fully saturated rings. The molecule has 26 heavy (non-hydrogen) atoms. The third kappa shape index (κ3) is 6.57. The van der Waals surface area contributed by atoms with E-state index < -0.39 is 0 Å². The number of rotatable bonds is 10. The van der Waals surface area contributed by atoms with E-state index in [1.807, 2.05) is 24.3 Å². The molecule has 0 spiro atoms. The Morgan fingerprint density at radius 1 is 1.31 bits per heavy atom. The number of carbonyl (C=O) groups excluding carboxylic acids is 1. The van der Waals surface area contributed by atoms with Crippen LogP contribution in [0.4, 0.5) is 5.13 Å². The zero-order chi connectivity index (χ0) is 18.9. The molecule has 0 aliphatic carbocycles. The van der Waals surface area contributed by atoms with Crippen molar-refractivity contribution in [1.82, 2.24) is 14.7 Å². The van der Waals surface area contributed by atoms with Crippen LogP contribution in [0.25, 0.3) is 0 Å². The molecule has 0 aliphatic heterocycles. The van der Waals surface area contributed by atoms with Crippen LogP contribution in [0.5, 0.6) is 0 Å². The summed E-state index contributed by atoms with van der Waals surface area (Å²) in [5.74, 6) is 0.889. The first-order valence-corrected chi connectivity index (χ1v) is 10.2. The van der Waals surface area contributed by atoms with E-state index in [0.29, 0.717) is 19.4 Å². The number of anilines is 1. The van der Waals surface area contributed by atoms with Crippen LogP contribution in [0.2, 0.25) is 5.02 Å². The summed E-state index contributed by atoms with van der Waals surface area (Å²) in [6.45, 7) is 7.72. The van der Waals surface area contributed by atoms with Gasteiger partial charge in [0.15, 0.2) is 0 Å². The van der Waals surface area contributed by atoms with Crippen LogP contribution in [0.1, 0.15) is 51.4 Å². The van der Waals surface area contributed by atoms with Crippen LogP contribution in [0.3, 0.4) is 0 Å². The Labute approximate surface area is 164 Å². The van der Waals surface area contributed by atoms with Crippen molar-refractivity contribution in [1.29, 1.82) is 0 Å². The maximum absolute atomic E-state index is 12.0. The van der Waals surface area contributed by atoms with Gasteiger partial charge in [0, 0.05) is 48.5 Å². The van der Waals surface area contributed by atoms with Gasteiger partial charge in [-0.05, 0) is 38.0 Å². The number of aromatic nitrogens is 2. The second-order valence-corrected chi connectivity index (χ2v) is 7.70. The number of nitrogens with zero attached hydrogens (tertiary/aromatic N) is 3. The van der Waals surface area contributed by atoms with Crippen LogP contribution in [-0.4, -0.2) is 34.4 Å². The Balaban J connectivity index is 1.94. The predicted molar refractivity (Wildman–Crippen MR) is 109 cm³/mol. The van der Waals surface area contributed by atoms with Crippen molar-refractivity contribution in [3.05, 3.63) is 40.7 Å². The molecule has 1 N–H and O–H groups in total. The van der Waals surface area contributed by atoms with Crippen molar-refractivity contribution >= 4 is 34.2 Å². The van der Waals surface area contributed by atoms with E-state index in [1.54, 1.807) is 0 Å². The summed E-state index contributed by atoms with van der Waals surface area (Å²) in [7, 11) is 0. The molecule has 5 nitrogen and oxygen atoms in total. The number of hydrogen-bond acceptors (Lipinski definition) is 5. The van der Waals surface area contributed by atoms with Crippen molar-refractivity contribution < 1.29 is 4.79 Å². The molecular formula is C19H27ClN4OS. The first-order valence-electron chi connectivity index (χ1n) is 9.10. The normalized spacial score (nSPS) is 11.0. The maximum Gasteiger partial charge on any atom is 0.221 e. The molecule has 0 atom stereocenters. The number of nitrogens with one attached hydrogen (secondary N) is 1. The summed E-state index contributed by atoms with van der Waals surface area (Å²) in [5, 5.41) is 4.55. The molecule has 0 bridgehead atoms. The van der Waals surface area contributed by atoms with Crippen molar-refractivity contribution in [3.8, 4) is 0 Å². The average molecular weight is 395 g/mol. The van der Waals surface area contributed by atoms with Crippen LogP contribution >= 0.6 is 23.1 Å². The molecule has 0 radical (unpaired) electrons. The predicted octanol–water partition coefficient (Wildman–Crippen LogP) is 4.30. The molecule has 0 saturated heterocycles. The van der Waals surface area contributed by atoms with E-state index in [2.05, 4.69) is 40.3 Å². The lowest BCUT2D eigenvalue weighted by molar-refractivity contribution is -0.120. The van der Waals surface area contributed by atoms with Gasteiger partial charge in [-0.1, -0.05) is 37.1 Å². The highest BCUT2D eigenvalue weighted by Gasteiger charge is 2.17. The molecule has 0 aliphatic rings. The molecule has 1 heterocycles. The summed E-state index contributed by atoms with van der Waals surface area (Å²) in [4.78, 5) is 18.8. The third-order valence-corrected chi connectivity index (χ3v) is 5.08.